The molecule has 18 heavy (non-hydrogen) atoms. The average Bonchev–Trinajstić information content (AvgIpc) is 2.77. The Morgan fingerprint density at radius 1 is 0.944 bits per heavy atom. The second-order valence-corrected chi connectivity index (χ2v) is 5.36. The Kier molecular flexibility index (Phi) is 8.62. The zero-order valence-electron chi connectivity index (χ0n) is 12.0. The molecule has 0 saturated heterocycles. The number of rotatable bonds is 11. The maximum absolute atomic E-state index is 11.3. The third kappa shape index (κ3) is 6.83. The van der Waals surface area contributed by atoms with Crippen LogP contribution in [0.3, 0.4) is 0 Å². The van der Waals surface area contributed by atoms with E-state index in [1.807, 2.05) is 17.2 Å². The lowest BCUT2D eigenvalue weighted by Crippen LogP contribution is -2.21. The van der Waals surface area contributed by atoms with Gasteiger partial charge in [0, 0.05) is 19.2 Å². The maximum atomic E-state index is 11.3. The van der Waals surface area contributed by atoms with Crippen LogP contribution in [-0.2, 0) is 4.79 Å². The minimum Gasteiger partial charge on any atom is -0.319 e. The lowest BCUT2D eigenvalue weighted by molar-refractivity contribution is -0.126. The van der Waals surface area contributed by atoms with Crippen LogP contribution in [0.1, 0.15) is 77.6 Å². The first-order chi connectivity index (χ1) is 8.84. The Morgan fingerprint density at radius 3 is 2.00 bits per heavy atom. The number of carbonyl (C=O) groups is 1. The number of nitrogens with zero attached hydrogens (tertiary/aromatic N) is 1. The number of amides is 1. The summed E-state index contributed by atoms with van der Waals surface area (Å²) in [4.78, 5) is 13.2. The molecule has 0 N–H and O–H groups in total. The zero-order valence-corrected chi connectivity index (χ0v) is 12.0. The third-order valence-electron chi connectivity index (χ3n) is 3.65. The van der Waals surface area contributed by atoms with Crippen molar-refractivity contribution in [2.75, 3.05) is 6.54 Å². The fourth-order valence-corrected chi connectivity index (χ4v) is 2.45. The third-order valence-corrected chi connectivity index (χ3v) is 3.65. The molecular weight excluding hydrogens is 222 g/mol. The van der Waals surface area contributed by atoms with Crippen molar-refractivity contribution >= 4 is 5.91 Å². The van der Waals surface area contributed by atoms with E-state index in [0.717, 1.165) is 13.0 Å². The van der Waals surface area contributed by atoms with Gasteiger partial charge >= 0.3 is 0 Å². The summed E-state index contributed by atoms with van der Waals surface area (Å²) in [5.74, 6) is 0.269. The normalized spacial score (nSPS) is 14.7. The van der Waals surface area contributed by atoms with Gasteiger partial charge in [-0.1, -0.05) is 70.8 Å². The molecule has 0 spiro atoms. The summed E-state index contributed by atoms with van der Waals surface area (Å²) >= 11 is 0. The largest absolute Gasteiger partial charge is 0.319 e. The van der Waals surface area contributed by atoms with Crippen LogP contribution in [0.5, 0.6) is 0 Å². The van der Waals surface area contributed by atoms with E-state index in [-0.39, 0.29) is 5.91 Å². The summed E-state index contributed by atoms with van der Waals surface area (Å²) in [5, 5.41) is 0. The molecule has 0 fully saturated rings. The summed E-state index contributed by atoms with van der Waals surface area (Å²) in [6.45, 7) is 3.19. The van der Waals surface area contributed by atoms with Gasteiger partial charge in [-0.3, -0.25) is 4.79 Å². The Balaban J connectivity index is 1.79. The molecule has 0 radical (unpaired) electrons. The smallest absolute Gasteiger partial charge is 0.230 e. The quantitative estimate of drug-likeness (QED) is 0.489. The van der Waals surface area contributed by atoms with E-state index >= 15 is 0 Å². The molecule has 1 amide bonds. The Bertz CT molecular complexity index is 247. The molecule has 1 aliphatic rings. The van der Waals surface area contributed by atoms with Crippen molar-refractivity contribution in [2.45, 2.75) is 77.6 Å². The van der Waals surface area contributed by atoms with Crippen LogP contribution >= 0.6 is 0 Å². The van der Waals surface area contributed by atoms with Crippen molar-refractivity contribution in [1.82, 2.24) is 4.90 Å². The second-order valence-electron chi connectivity index (χ2n) is 5.36. The first-order valence-electron chi connectivity index (χ1n) is 7.80. The Hall–Kier alpha value is -0.790. The van der Waals surface area contributed by atoms with Gasteiger partial charge in [-0.05, 0) is 6.42 Å². The molecule has 2 nitrogen and oxygen atoms in total. The van der Waals surface area contributed by atoms with Crippen molar-refractivity contribution in [3.05, 3.63) is 12.3 Å². The molecule has 1 heterocycles. The standard InChI is InChI=1S/C16H29NO/c1-2-3-4-5-6-7-8-9-10-11-14-17-15-12-13-16(17)18/h12,15H,2-11,13-14H2,1H3. The molecule has 2 heteroatoms. The molecule has 0 bridgehead atoms. The molecule has 0 aromatic heterocycles. The SMILES string of the molecule is CCCCCCCCCCCCN1C=CCC1=O. The topological polar surface area (TPSA) is 20.3 Å². The minimum atomic E-state index is 0.269. The van der Waals surface area contributed by atoms with E-state index in [2.05, 4.69) is 6.92 Å². The van der Waals surface area contributed by atoms with Gasteiger partial charge in [0.25, 0.3) is 0 Å². The van der Waals surface area contributed by atoms with Crippen LogP contribution in [0.4, 0.5) is 0 Å². The fraction of sp³-hybridized carbons (Fsp3) is 0.812. The fourth-order valence-electron chi connectivity index (χ4n) is 2.45. The van der Waals surface area contributed by atoms with Crippen LogP contribution in [0.25, 0.3) is 0 Å². The van der Waals surface area contributed by atoms with Crippen LogP contribution in [0, 0.1) is 0 Å². The van der Waals surface area contributed by atoms with E-state index in [9.17, 15) is 4.79 Å². The van der Waals surface area contributed by atoms with Gasteiger partial charge < -0.3 is 4.90 Å². The summed E-state index contributed by atoms with van der Waals surface area (Å²) < 4.78 is 0. The van der Waals surface area contributed by atoms with Crippen molar-refractivity contribution < 1.29 is 4.79 Å². The van der Waals surface area contributed by atoms with Crippen molar-refractivity contribution in [2.24, 2.45) is 0 Å². The number of unbranched alkanes of at least 4 members (excludes halogenated alkanes) is 9. The first-order valence-corrected chi connectivity index (χ1v) is 7.80. The lowest BCUT2D eigenvalue weighted by atomic mass is 10.1. The Morgan fingerprint density at radius 2 is 1.50 bits per heavy atom. The number of hydrogen-bond acceptors (Lipinski definition) is 1. The molecular formula is C16H29NO. The highest BCUT2D eigenvalue weighted by Gasteiger charge is 2.13. The minimum absolute atomic E-state index is 0.269. The second kappa shape index (κ2) is 10.2. The van der Waals surface area contributed by atoms with Gasteiger partial charge in [0.05, 0.1) is 0 Å². The monoisotopic (exact) mass is 251 g/mol. The van der Waals surface area contributed by atoms with Gasteiger partial charge in [-0.2, -0.15) is 0 Å². The molecule has 0 atom stereocenters. The highest BCUT2D eigenvalue weighted by atomic mass is 16.2. The van der Waals surface area contributed by atoms with E-state index < -0.39 is 0 Å². The van der Waals surface area contributed by atoms with Gasteiger partial charge in [0.15, 0.2) is 0 Å². The summed E-state index contributed by atoms with van der Waals surface area (Å²) in [6, 6.07) is 0. The van der Waals surface area contributed by atoms with Crippen molar-refractivity contribution in [3.63, 3.8) is 0 Å². The molecule has 0 aromatic carbocycles. The molecule has 1 aliphatic heterocycles. The predicted octanol–water partition coefficient (Wildman–Crippen LogP) is 4.65. The number of hydrogen-bond donors (Lipinski definition) is 0. The van der Waals surface area contributed by atoms with Gasteiger partial charge in [0.1, 0.15) is 0 Å². The van der Waals surface area contributed by atoms with Gasteiger partial charge in [0.2, 0.25) is 5.91 Å². The highest BCUT2D eigenvalue weighted by Crippen LogP contribution is 2.12. The zero-order chi connectivity index (χ0) is 13.1. The van der Waals surface area contributed by atoms with E-state index in [4.69, 9.17) is 0 Å². The van der Waals surface area contributed by atoms with Crippen LogP contribution in [0.15, 0.2) is 12.3 Å². The van der Waals surface area contributed by atoms with Crippen LogP contribution in [-0.4, -0.2) is 17.4 Å². The first kappa shape index (κ1) is 15.3. The van der Waals surface area contributed by atoms with Gasteiger partial charge in [-0.15, -0.1) is 0 Å². The molecule has 1 rings (SSSR count). The molecule has 0 aliphatic carbocycles. The van der Waals surface area contributed by atoms with Crippen LogP contribution in [0.2, 0.25) is 0 Å². The molecule has 0 aromatic rings. The van der Waals surface area contributed by atoms with E-state index in [1.54, 1.807) is 0 Å². The molecule has 0 unspecified atom stereocenters. The molecule has 104 valence electrons. The van der Waals surface area contributed by atoms with Crippen LogP contribution < -0.4 is 0 Å². The summed E-state index contributed by atoms with van der Waals surface area (Å²) in [5.41, 5.74) is 0. The van der Waals surface area contributed by atoms with Gasteiger partial charge in [-0.25, -0.2) is 0 Å². The summed E-state index contributed by atoms with van der Waals surface area (Å²) in [7, 11) is 0. The van der Waals surface area contributed by atoms with E-state index in [0.29, 0.717) is 6.42 Å². The highest BCUT2D eigenvalue weighted by molar-refractivity contribution is 5.81. The lowest BCUT2D eigenvalue weighted by Gasteiger charge is -2.12. The van der Waals surface area contributed by atoms with E-state index in [1.165, 1.54) is 57.8 Å². The van der Waals surface area contributed by atoms with Crippen molar-refractivity contribution in [3.8, 4) is 0 Å². The maximum Gasteiger partial charge on any atom is 0.230 e. The average molecular weight is 251 g/mol. The van der Waals surface area contributed by atoms with Crippen molar-refractivity contribution in [1.29, 1.82) is 0 Å². The number of carbonyl (C=O) groups excluding carboxylic acids is 1. The molecule has 0 saturated carbocycles. The summed E-state index contributed by atoms with van der Waals surface area (Å²) in [6.07, 6.45) is 18.0. The Labute approximate surface area is 112 Å². The predicted molar refractivity (Wildman–Crippen MR) is 77.3 cm³/mol.